The molecule has 0 bridgehead atoms. The predicted octanol–water partition coefficient (Wildman–Crippen LogP) is 15.9. The largest absolute Gasteiger partial charge is 0.491 e. The number of azo groups is 2. The minimum atomic E-state index is -0.0897. The van der Waals surface area contributed by atoms with Gasteiger partial charge in [0.25, 0.3) is 5.91 Å². The number of halogens is 3. The van der Waals surface area contributed by atoms with E-state index in [9.17, 15) is 4.79 Å². The number of nitrogens with one attached hydrogen (secondary N) is 1. The second-order valence-electron chi connectivity index (χ2n) is 13.9. The van der Waals surface area contributed by atoms with Gasteiger partial charge in [0.1, 0.15) is 17.2 Å². The van der Waals surface area contributed by atoms with E-state index < -0.39 is 0 Å². The molecule has 1 amide bonds. The summed E-state index contributed by atoms with van der Waals surface area (Å²) < 4.78 is 15.2. The Labute approximate surface area is 369 Å². The van der Waals surface area contributed by atoms with Gasteiger partial charge >= 0.3 is 0 Å². The van der Waals surface area contributed by atoms with Gasteiger partial charge in [-0.3, -0.25) is 4.79 Å². The Balaban J connectivity index is 0.807. The molecule has 0 radical (unpaired) electrons. The molecule has 0 saturated heterocycles. The summed E-state index contributed by atoms with van der Waals surface area (Å²) in [6.45, 7) is 1.28. The van der Waals surface area contributed by atoms with Gasteiger partial charge in [-0.05, 0) is 157 Å². The predicted molar refractivity (Wildman–Crippen MR) is 251 cm³/mol. The second-order valence-corrected chi connectivity index (χ2v) is 16.9. The number of fused-ring (bicyclic) bond motifs is 2. The number of hydrogen-bond acceptors (Lipinski definition) is 7. The highest BCUT2D eigenvalue weighted by Crippen LogP contribution is 2.40. The summed E-state index contributed by atoms with van der Waals surface area (Å²) in [4.78, 5) is 12.7. The van der Waals surface area contributed by atoms with Crippen molar-refractivity contribution >= 4 is 111 Å². The number of anilines is 1. The number of ether oxygens (including phenoxy) is 2. The lowest BCUT2D eigenvalue weighted by Crippen LogP contribution is -2.03. The molecule has 1 aliphatic rings. The maximum absolute atomic E-state index is 12.7. The van der Waals surface area contributed by atoms with E-state index in [4.69, 9.17) is 9.47 Å². The monoisotopic (exact) mass is 1010 g/mol. The standard InChI is InChI=1S/C47H42Br2IN5O3/c48-41-29-32(28-40-39-31-34(50)19-24-43(39)51-47(40)56)30-42(49)46(41)58-27-13-6-4-2-1-3-5-12-26-57-44-25-18-33-14-10-11-17-38(33)45(44)55-54-37-22-20-36(21-23-37)53-52-35-15-8-7-9-16-35/h7-11,14-25,28-31H,1-6,12-13,26-27H2,(H,51,56)/b40-28-,53-52+,55-54+. The zero-order valence-electron chi connectivity index (χ0n) is 31.8. The topological polar surface area (TPSA) is 97.0 Å². The van der Waals surface area contributed by atoms with Crippen molar-refractivity contribution in [1.29, 1.82) is 0 Å². The molecule has 1 N–H and O–H groups in total. The van der Waals surface area contributed by atoms with E-state index in [0.717, 1.165) is 100 Å². The van der Waals surface area contributed by atoms with Crippen LogP contribution in [0.3, 0.4) is 0 Å². The van der Waals surface area contributed by atoms with Gasteiger partial charge < -0.3 is 14.8 Å². The molecule has 1 heterocycles. The Morgan fingerprint density at radius 3 is 1.88 bits per heavy atom. The Hall–Kier alpha value is -4.72. The summed E-state index contributed by atoms with van der Waals surface area (Å²) in [6, 6.07) is 39.4. The number of unbranched alkanes of at least 4 members (excludes halogenated alkanes) is 7. The first kappa shape index (κ1) is 41.4. The molecular formula is C47H42Br2IN5O3. The van der Waals surface area contributed by atoms with Crippen molar-refractivity contribution in [2.75, 3.05) is 18.5 Å². The number of benzene rings is 6. The van der Waals surface area contributed by atoms with Gasteiger partial charge in [-0.2, -0.15) is 15.3 Å². The molecule has 0 unspecified atom stereocenters. The van der Waals surface area contributed by atoms with E-state index >= 15 is 0 Å². The van der Waals surface area contributed by atoms with Crippen LogP contribution in [-0.4, -0.2) is 19.1 Å². The zero-order chi connectivity index (χ0) is 40.1. The molecule has 8 nitrogen and oxygen atoms in total. The lowest BCUT2D eigenvalue weighted by Gasteiger charge is -2.12. The Morgan fingerprint density at radius 1 is 0.603 bits per heavy atom. The second kappa shape index (κ2) is 20.8. The lowest BCUT2D eigenvalue weighted by molar-refractivity contribution is -0.110. The van der Waals surface area contributed by atoms with Crippen LogP contribution in [0.2, 0.25) is 0 Å². The minimum Gasteiger partial charge on any atom is -0.491 e. The van der Waals surface area contributed by atoms with Gasteiger partial charge in [0.05, 0.1) is 39.2 Å². The van der Waals surface area contributed by atoms with Crippen molar-refractivity contribution in [2.24, 2.45) is 20.5 Å². The van der Waals surface area contributed by atoms with E-state index in [0.29, 0.717) is 18.8 Å². The molecule has 0 spiro atoms. The van der Waals surface area contributed by atoms with Crippen LogP contribution in [0.15, 0.2) is 151 Å². The number of amides is 1. The molecule has 6 aromatic rings. The third-order valence-corrected chi connectivity index (χ3v) is 11.5. The first-order valence-corrected chi connectivity index (χ1v) is 22.2. The van der Waals surface area contributed by atoms with Crippen LogP contribution in [0, 0.1) is 3.57 Å². The van der Waals surface area contributed by atoms with Crippen LogP contribution in [-0.2, 0) is 4.79 Å². The van der Waals surface area contributed by atoms with Crippen molar-refractivity contribution in [3.63, 3.8) is 0 Å². The van der Waals surface area contributed by atoms with Crippen molar-refractivity contribution in [3.05, 3.63) is 145 Å². The fourth-order valence-electron chi connectivity index (χ4n) is 6.65. The molecule has 0 saturated carbocycles. The van der Waals surface area contributed by atoms with Crippen molar-refractivity contribution in [3.8, 4) is 11.5 Å². The van der Waals surface area contributed by atoms with E-state index in [2.05, 4.69) is 98.4 Å². The summed E-state index contributed by atoms with van der Waals surface area (Å²) >= 11 is 9.63. The maximum Gasteiger partial charge on any atom is 0.256 e. The molecule has 11 heteroatoms. The molecule has 7 rings (SSSR count). The number of hydrogen-bond donors (Lipinski definition) is 1. The van der Waals surface area contributed by atoms with E-state index in [1.165, 1.54) is 25.7 Å². The first-order valence-electron chi connectivity index (χ1n) is 19.5. The summed E-state index contributed by atoms with van der Waals surface area (Å²) in [6.07, 6.45) is 10.9. The smallest absolute Gasteiger partial charge is 0.256 e. The molecule has 0 aliphatic carbocycles. The summed E-state index contributed by atoms with van der Waals surface area (Å²) in [7, 11) is 0. The van der Waals surface area contributed by atoms with E-state index in [1.54, 1.807) is 0 Å². The highest BCUT2D eigenvalue weighted by atomic mass is 127. The van der Waals surface area contributed by atoms with E-state index in [1.807, 2.05) is 109 Å². The van der Waals surface area contributed by atoms with Crippen LogP contribution < -0.4 is 14.8 Å². The highest BCUT2D eigenvalue weighted by molar-refractivity contribution is 14.1. The molecule has 0 atom stereocenters. The average Bonchev–Trinajstić information content (AvgIpc) is 3.54. The summed E-state index contributed by atoms with van der Waals surface area (Å²) in [5, 5.41) is 22.9. The van der Waals surface area contributed by atoms with Crippen LogP contribution in [0.5, 0.6) is 11.5 Å². The Bertz CT molecular complexity index is 2430. The van der Waals surface area contributed by atoms with Crippen LogP contribution in [0.4, 0.5) is 28.4 Å². The van der Waals surface area contributed by atoms with Crippen molar-refractivity contribution in [2.45, 2.75) is 51.4 Å². The van der Waals surface area contributed by atoms with Crippen molar-refractivity contribution < 1.29 is 14.3 Å². The number of carbonyl (C=O) groups is 1. The number of nitrogens with zero attached hydrogens (tertiary/aromatic N) is 4. The molecule has 0 fully saturated rings. The fourth-order valence-corrected chi connectivity index (χ4v) is 8.59. The highest BCUT2D eigenvalue weighted by Gasteiger charge is 2.24. The van der Waals surface area contributed by atoms with Gasteiger partial charge in [0, 0.05) is 25.8 Å². The molecule has 6 aromatic carbocycles. The van der Waals surface area contributed by atoms with Gasteiger partial charge in [-0.1, -0.05) is 87.1 Å². The zero-order valence-corrected chi connectivity index (χ0v) is 37.2. The minimum absolute atomic E-state index is 0.0897. The summed E-state index contributed by atoms with van der Waals surface area (Å²) in [5.74, 6) is 1.43. The van der Waals surface area contributed by atoms with Crippen LogP contribution in [0.1, 0.15) is 62.5 Å². The fraction of sp³-hybridized carbons (Fsp3) is 0.213. The van der Waals surface area contributed by atoms with Gasteiger partial charge in [-0.25, -0.2) is 0 Å². The summed E-state index contributed by atoms with van der Waals surface area (Å²) in [5.41, 5.74) is 6.36. The quantitative estimate of drug-likeness (QED) is 0.0402. The SMILES string of the molecule is O=C1Nc2ccc(I)cc2/C1=C/c1cc(Br)c(OCCCCCCCCCCOc2ccc3ccccc3c2/N=N/c2ccc(/N=N/c3ccccc3)cc2)c(Br)c1. The molecule has 1 aliphatic heterocycles. The van der Waals surface area contributed by atoms with Gasteiger partial charge in [0.2, 0.25) is 0 Å². The lowest BCUT2D eigenvalue weighted by atomic mass is 10.0. The number of carbonyl (C=O) groups excluding carboxylic acids is 1. The van der Waals surface area contributed by atoms with Crippen LogP contribution >= 0.6 is 54.5 Å². The third-order valence-electron chi connectivity index (χ3n) is 9.65. The van der Waals surface area contributed by atoms with Crippen molar-refractivity contribution in [1.82, 2.24) is 0 Å². The van der Waals surface area contributed by atoms with Gasteiger partial charge in [0.15, 0.2) is 0 Å². The number of rotatable bonds is 18. The molecular weight excluding hydrogens is 969 g/mol. The third kappa shape index (κ3) is 11.3. The molecule has 0 aromatic heterocycles. The van der Waals surface area contributed by atoms with Crippen LogP contribution in [0.25, 0.3) is 22.4 Å². The van der Waals surface area contributed by atoms with E-state index in [-0.39, 0.29) is 5.91 Å². The first-order chi connectivity index (χ1) is 28.4. The normalized spacial score (nSPS) is 13.2. The maximum atomic E-state index is 12.7. The Kier molecular flexibility index (Phi) is 14.9. The molecule has 294 valence electrons. The Morgan fingerprint density at radius 2 is 1.19 bits per heavy atom. The average molecular weight is 1010 g/mol. The van der Waals surface area contributed by atoms with Gasteiger partial charge in [-0.15, -0.1) is 5.11 Å². The molecule has 58 heavy (non-hydrogen) atoms.